The molecule has 1 aromatic carbocycles. The number of aromatic nitrogens is 2. The van der Waals surface area contributed by atoms with Crippen LogP contribution < -0.4 is 21.1 Å². The molecular weight excluding hydrogens is 360 g/mol. The number of aryl methyl sites for hydroxylation is 1. The minimum Gasteiger partial charge on any atom is -0.484 e. The first-order valence-electron chi connectivity index (χ1n) is 9.04. The SMILES string of the molecule is CCNC(=NCc1cccc(OCC(N)=O)c1)NCC(C)(O)c1cnn(C)c1. The van der Waals surface area contributed by atoms with Crippen molar-refractivity contribution in [3.05, 3.63) is 47.8 Å². The number of carbonyl (C=O) groups excluding carboxylic acids is 1. The van der Waals surface area contributed by atoms with E-state index in [-0.39, 0.29) is 13.2 Å². The van der Waals surface area contributed by atoms with Crippen molar-refractivity contribution in [2.45, 2.75) is 26.0 Å². The number of nitrogens with one attached hydrogen (secondary N) is 2. The van der Waals surface area contributed by atoms with E-state index in [2.05, 4.69) is 20.7 Å². The van der Waals surface area contributed by atoms with Crippen LogP contribution in [0.15, 0.2) is 41.7 Å². The van der Waals surface area contributed by atoms with E-state index in [1.165, 1.54) is 0 Å². The van der Waals surface area contributed by atoms with Gasteiger partial charge >= 0.3 is 0 Å². The Hall–Kier alpha value is -3.07. The van der Waals surface area contributed by atoms with E-state index in [1.807, 2.05) is 25.1 Å². The van der Waals surface area contributed by atoms with Crippen LogP contribution in [0, 0.1) is 0 Å². The third-order valence-corrected chi connectivity index (χ3v) is 3.97. The van der Waals surface area contributed by atoms with Crippen LogP contribution >= 0.6 is 0 Å². The first kappa shape index (κ1) is 21.2. The lowest BCUT2D eigenvalue weighted by molar-refractivity contribution is -0.119. The van der Waals surface area contributed by atoms with E-state index in [1.54, 1.807) is 37.1 Å². The second kappa shape index (κ2) is 9.75. The first-order chi connectivity index (χ1) is 13.3. The van der Waals surface area contributed by atoms with Crippen LogP contribution in [0.25, 0.3) is 0 Å². The van der Waals surface area contributed by atoms with Gasteiger partial charge in [-0.05, 0) is 31.5 Å². The van der Waals surface area contributed by atoms with Crippen LogP contribution in [-0.2, 0) is 24.0 Å². The van der Waals surface area contributed by atoms with Crippen molar-refractivity contribution in [2.24, 2.45) is 17.8 Å². The third-order valence-electron chi connectivity index (χ3n) is 3.97. The van der Waals surface area contributed by atoms with E-state index in [9.17, 15) is 9.90 Å². The number of carbonyl (C=O) groups is 1. The van der Waals surface area contributed by atoms with Crippen molar-refractivity contribution in [2.75, 3.05) is 19.7 Å². The standard InChI is InChI=1S/C19H28N6O3/c1-4-21-18(23-13-19(2,27)15-10-24-25(3)11-15)22-9-14-6-5-7-16(8-14)28-12-17(20)26/h5-8,10-11,27H,4,9,12-13H2,1-3H3,(H2,20,26)(H2,21,22,23). The molecule has 9 heteroatoms. The lowest BCUT2D eigenvalue weighted by atomic mass is 10.00. The van der Waals surface area contributed by atoms with Crippen LogP contribution in [0.3, 0.4) is 0 Å². The number of hydrogen-bond donors (Lipinski definition) is 4. The van der Waals surface area contributed by atoms with E-state index >= 15 is 0 Å². The smallest absolute Gasteiger partial charge is 0.255 e. The van der Waals surface area contributed by atoms with Gasteiger partial charge < -0.3 is 26.2 Å². The minimum atomic E-state index is -1.09. The quantitative estimate of drug-likeness (QED) is 0.360. The fourth-order valence-electron chi connectivity index (χ4n) is 2.46. The highest BCUT2D eigenvalue weighted by Gasteiger charge is 2.24. The van der Waals surface area contributed by atoms with Gasteiger partial charge in [0.15, 0.2) is 12.6 Å². The molecule has 0 aliphatic heterocycles. The minimum absolute atomic E-state index is 0.166. The van der Waals surface area contributed by atoms with Crippen LogP contribution in [0.5, 0.6) is 5.75 Å². The molecule has 0 spiro atoms. The Bertz CT molecular complexity index is 816. The van der Waals surface area contributed by atoms with Gasteiger partial charge in [0.2, 0.25) is 0 Å². The molecule has 1 amide bonds. The van der Waals surface area contributed by atoms with Gasteiger partial charge in [0.05, 0.1) is 19.3 Å². The molecule has 0 fully saturated rings. The van der Waals surface area contributed by atoms with E-state index < -0.39 is 11.5 Å². The molecule has 0 aliphatic rings. The maximum atomic E-state index is 10.8. The highest BCUT2D eigenvalue weighted by Crippen LogP contribution is 2.18. The van der Waals surface area contributed by atoms with Crippen LogP contribution in [0.4, 0.5) is 0 Å². The number of aliphatic imine (C=N–C) groups is 1. The largest absolute Gasteiger partial charge is 0.484 e. The number of benzene rings is 1. The van der Waals surface area contributed by atoms with Crippen LogP contribution in [0.2, 0.25) is 0 Å². The second-order valence-electron chi connectivity index (χ2n) is 6.63. The topological polar surface area (TPSA) is 127 Å². The molecule has 9 nitrogen and oxygen atoms in total. The molecule has 5 N–H and O–H groups in total. The van der Waals surface area contributed by atoms with Gasteiger partial charge in [-0.2, -0.15) is 5.10 Å². The van der Waals surface area contributed by atoms with Crippen molar-refractivity contribution in [1.29, 1.82) is 0 Å². The number of aliphatic hydroxyl groups is 1. The Morgan fingerprint density at radius 1 is 1.43 bits per heavy atom. The number of nitrogens with two attached hydrogens (primary N) is 1. The highest BCUT2D eigenvalue weighted by molar-refractivity contribution is 5.79. The zero-order valence-corrected chi connectivity index (χ0v) is 16.5. The summed E-state index contributed by atoms with van der Waals surface area (Å²) in [5.41, 5.74) is 5.64. The summed E-state index contributed by atoms with van der Waals surface area (Å²) in [6, 6.07) is 7.30. The Morgan fingerprint density at radius 3 is 2.86 bits per heavy atom. The maximum Gasteiger partial charge on any atom is 0.255 e. The molecule has 0 radical (unpaired) electrons. The molecule has 0 saturated carbocycles. The number of rotatable bonds is 9. The fraction of sp³-hybridized carbons (Fsp3) is 0.421. The second-order valence-corrected chi connectivity index (χ2v) is 6.63. The Kier molecular flexibility index (Phi) is 7.39. The molecule has 1 heterocycles. The molecule has 28 heavy (non-hydrogen) atoms. The van der Waals surface area contributed by atoms with E-state index in [0.29, 0.717) is 24.8 Å². The van der Waals surface area contributed by atoms with E-state index in [4.69, 9.17) is 10.5 Å². The molecule has 2 rings (SSSR count). The number of nitrogens with zero attached hydrogens (tertiary/aromatic N) is 3. The molecule has 0 saturated heterocycles. The normalized spacial score (nSPS) is 13.6. The number of primary amides is 1. The Morgan fingerprint density at radius 2 is 2.21 bits per heavy atom. The van der Waals surface area contributed by atoms with Gasteiger partial charge in [0.1, 0.15) is 11.4 Å². The van der Waals surface area contributed by atoms with Crippen LogP contribution in [-0.4, -0.2) is 46.5 Å². The highest BCUT2D eigenvalue weighted by atomic mass is 16.5. The van der Waals surface area contributed by atoms with Gasteiger partial charge in [0.25, 0.3) is 5.91 Å². The molecule has 1 atom stereocenters. The summed E-state index contributed by atoms with van der Waals surface area (Å²) < 4.78 is 6.96. The van der Waals surface area contributed by atoms with Gasteiger partial charge in [-0.15, -0.1) is 0 Å². The predicted molar refractivity (Wildman–Crippen MR) is 107 cm³/mol. The van der Waals surface area contributed by atoms with Crippen molar-refractivity contribution in [3.63, 3.8) is 0 Å². The number of ether oxygens (including phenoxy) is 1. The lowest BCUT2D eigenvalue weighted by Crippen LogP contribution is -2.44. The molecule has 1 aromatic heterocycles. The van der Waals surface area contributed by atoms with E-state index in [0.717, 1.165) is 11.1 Å². The van der Waals surface area contributed by atoms with Gasteiger partial charge in [-0.3, -0.25) is 9.48 Å². The molecule has 0 bridgehead atoms. The molecule has 0 aliphatic carbocycles. The summed E-state index contributed by atoms with van der Waals surface area (Å²) in [4.78, 5) is 15.4. The van der Waals surface area contributed by atoms with Crippen molar-refractivity contribution < 1.29 is 14.6 Å². The maximum absolute atomic E-state index is 10.8. The molecular formula is C19H28N6O3. The summed E-state index contributed by atoms with van der Waals surface area (Å²) in [5, 5.41) is 21.1. The fourth-order valence-corrected chi connectivity index (χ4v) is 2.46. The zero-order chi connectivity index (χ0) is 20.6. The average molecular weight is 388 g/mol. The summed E-state index contributed by atoms with van der Waals surface area (Å²) in [6.45, 7) is 4.88. The van der Waals surface area contributed by atoms with Gasteiger partial charge in [-0.1, -0.05) is 12.1 Å². The van der Waals surface area contributed by atoms with Crippen molar-refractivity contribution in [1.82, 2.24) is 20.4 Å². The summed E-state index contributed by atoms with van der Waals surface area (Å²) in [7, 11) is 1.81. The predicted octanol–water partition coefficient (Wildman–Crippen LogP) is 0.247. The summed E-state index contributed by atoms with van der Waals surface area (Å²) in [6.07, 6.45) is 3.42. The number of guanidine groups is 1. The van der Waals surface area contributed by atoms with Crippen molar-refractivity contribution in [3.8, 4) is 5.75 Å². The zero-order valence-electron chi connectivity index (χ0n) is 16.5. The number of amides is 1. The Labute approximate surface area is 164 Å². The average Bonchev–Trinajstić information content (AvgIpc) is 3.10. The number of hydrogen-bond acceptors (Lipinski definition) is 5. The monoisotopic (exact) mass is 388 g/mol. The van der Waals surface area contributed by atoms with Crippen LogP contribution in [0.1, 0.15) is 25.0 Å². The lowest BCUT2D eigenvalue weighted by Gasteiger charge is -2.23. The molecule has 2 aromatic rings. The first-order valence-corrected chi connectivity index (χ1v) is 9.04. The van der Waals surface area contributed by atoms with Gasteiger partial charge in [0, 0.05) is 25.4 Å². The third kappa shape index (κ3) is 6.58. The summed E-state index contributed by atoms with van der Waals surface area (Å²) in [5.74, 6) is 0.613. The Balaban J connectivity index is 2.00. The van der Waals surface area contributed by atoms with Crippen molar-refractivity contribution >= 4 is 11.9 Å². The molecule has 1 unspecified atom stereocenters. The summed E-state index contributed by atoms with van der Waals surface area (Å²) >= 11 is 0. The van der Waals surface area contributed by atoms with Gasteiger partial charge in [-0.25, -0.2) is 4.99 Å². The molecule has 152 valence electrons.